The number of esters is 1. The van der Waals surface area contributed by atoms with E-state index in [4.69, 9.17) is 16.9 Å². The first-order valence-electron chi connectivity index (χ1n) is 6.68. The third kappa shape index (κ3) is 3.09. The van der Waals surface area contributed by atoms with Gasteiger partial charge in [0.25, 0.3) is 0 Å². The minimum absolute atomic E-state index is 0.0562. The molecule has 0 radical (unpaired) electrons. The molecule has 1 fully saturated rings. The average molecular weight is 343 g/mol. The molecule has 2 rings (SSSR count). The minimum atomic E-state index is -3.81. The van der Waals surface area contributed by atoms with Crippen LogP contribution in [0.3, 0.4) is 0 Å². The van der Waals surface area contributed by atoms with E-state index >= 15 is 0 Å². The lowest BCUT2D eigenvalue weighted by Crippen LogP contribution is -2.40. The van der Waals surface area contributed by atoms with Gasteiger partial charge in [0.2, 0.25) is 10.0 Å². The molecule has 1 aliphatic rings. The summed E-state index contributed by atoms with van der Waals surface area (Å²) in [4.78, 5) is 11.4. The fourth-order valence-electron chi connectivity index (χ4n) is 2.47. The number of carbonyl (C=O) groups excluding carboxylic acids is 1. The zero-order valence-electron chi connectivity index (χ0n) is 12.0. The van der Waals surface area contributed by atoms with Crippen molar-refractivity contribution in [2.45, 2.75) is 17.7 Å². The van der Waals surface area contributed by atoms with Crippen LogP contribution >= 0.6 is 11.6 Å². The van der Waals surface area contributed by atoms with Gasteiger partial charge in [0.1, 0.15) is 11.0 Å². The molecule has 0 amide bonds. The van der Waals surface area contributed by atoms with Crippen molar-refractivity contribution in [3.63, 3.8) is 0 Å². The Morgan fingerprint density at radius 2 is 2.05 bits per heavy atom. The topological polar surface area (TPSA) is 87.5 Å². The Balaban J connectivity index is 2.25. The molecule has 0 unspecified atom stereocenters. The van der Waals surface area contributed by atoms with Crippen LogP contribution in [0.1, 0.15) is 18.4 Å². The van der Waals surface area contributed by atoms with Crippen LogP contribution < -0.4 is 0 Å². The molecule has 1 aromatic rings. The van der Waals surface area contributed by atoms with Gasteiger partial charge in [-0.1, -0.05) is 17.7 Å². The van der Waals surface area contributed by atoms with E-state index in [1.165, 1.54) is 29.6 Å². The summed E-state index contributed by atoms with van der Waals surface area (Å²) in [5.74, 6) is -0.608. The van der Waals surface area contributed by atoms with E-state index in [2.05, 4.69) is 4.74 Å². The first-order chi connectivity index (χ1) is 10.4. The van der Waals surface area contributed by atoms with Crippen LogP contribution in [0, 0.1) is 17.2 Å². The standard InChI is InChI=1S/C14H15ClN2O4S/c1-21-14(18)10-5-7-17(8-6-10)22(19,20)13-4-2-3-12(15)11(13)9-16/h2-4,10H,5-8H2,1H3. The number of piperidine rings is 1. The number of ether oxygens (including phenoxy) is 1. The largest absolute Gasteiger partial charge is 0.469 e. The molecule has 0 aromatic heterocycles. The maximum Gasteiger partial charge on any atom is 0.308 e. The molecule has 1 heterocycles. The zero-order chi connectivity index (χ0) is 16.3. The number of nitriles is 1. The number of carbonyl (C=O) groups is 1. The molecule has 1 saturated heterocycles. The second kappa shape index (κ2) is 6.65. The van der Waals surface area contributed by atoms with Crippen molar-refractivity contribution < 1.29 is 17.9 Å². The van der Waals surface area contributed by atoms with Gasteiger partial charge in [0, 0.05) is 13.1 Å². The Morgan fingerprint density at radius 3 is 2.59 bits per heavy atom. The van der Waals surface area contributed by atoms with E-state index in [9.17, 15) is 13.2 Å². The molecule has 22 heavy (non-hydrogen) atoms. The Hall–Kier alpha value is -1.62. The fraction of sp³-hybridized carbons (Fsp3) is 0.429. The van der Waals surface area contributed by atoms with Crippen molar-refractivity contribution in [3.8, 4) is 6.07 Å². The number of methoxy groups -OCH3 is 1. The SMILES string of the molecule is COC(=O)C1CCN(S(=O)(=O)c2cccc(Cl)c2C#N)CC1. The van der Waals surface area contributed by atoms with Gasteiger partial charge in [-0.15, -0.1) is 0 Å². The molecule has 0 spiro atoms. The summed E-state index contributed by atoms with van der Waals surface area (Å²) in [5.41, 5.74) is -0.0562. The quantitative estimate of drug-likeness (QED) is 0.781. The number of rotatable bonds is 3. The number of halogens is 1. The lowest BCUT2D eigenvalue weighted by atomic mass is 9.99. The van der Waals surface area contributed by atoms with Crippen molar-refractivity contribution in [1.29, 1.82) is 5.26 Å². The van der Waals surface area contributed by atoms with Gasteiger partial charge in [-0.05, 0) is 25.0 Å². The molecule has 6 nitrogen and oxygen atoms in total. The van der Waals surface area contributed by atoms with Crippen LogP contribution in [0.15, 0.2) is 23.1 Å². The summed E-state index contributed by atoms with van der Waals surface area (Å²) in [5, 5.41) is 9.23. The van der Waals surface area contributed by atoms with Crippen molar-refractivity contribution in [2.75, 3.05) is 20.2 Å². The highest BCUT2D eigenvalue weighted by molar-refractivity contribution is 7.89. The van der Waals surface area contributed by atoms with E-state index in [0.29, 0.717) is 12.8 Å². The molecule has 118 valence electrons. The van der Waals surface area contributed by atoms with E-state index in [-0.39, 0.29) is 40.5 Å². The highest BCUT2D eigenvalue weighted by Crippen LogP contribution is 2.29. The molecule has 0 aliphatic carbocycles. The van der Waals surface area contributed by atoms with Crippen LogP contribution in [-0.2, 0) is 19.6 Å². The second-order valence-corrected chi connectivity index (χ2v) is 7.24. The molecular weight excluding hydrogens is 328 g/mol. The predicted molar refractivity (Wildman–Crippen MR) is 79.7 cm³/mol. The Morgan fingerprint density at radius 1 is 1.41 bits per heavy atom. The summed E-state index contributed by atoms with van der Waals surface area (Å²) in [6.07, 6.45) is 0.794. The van der Waals surface area contributed by atoms with E-state index in [1.807, 2.05) is 6.07 Å². The molecule has 0 atom stereocenters. The van der Waals surface area contributed by atoms with Gasteiger partial charge in [-0.3, -0.25) is 4.79 Å². The normalized spacial score (nSPS) is 17.0. The highest BCUT2D eigenvalue weighted by Gasteiger charge is 2.34. The van der Waals surface area contributed by atoms with Crippen molar-refractivity contribution >= 4 is 27.6 Å². The van der Waals surface area contributed by atoms with Crippen molar-refractivity contribution in [1.82, 2.24) is 4.31 Å². The monoisotopic (exact) mass is 342 g/mol. The first kappa shape index (κ1) is 16.7. The lowest BCUT2D eigenvalue weighted by molar-refractivity contribution is -0.146. The third-order valence-electron chi connectivity index (χ3n) is 3.69. The van der Waals surface area contributed by atoms with Crippen LogP contribution in [-0.4, -0.2) is 38.9 Å². The van der Waals surface area contributed by atoms with Gasteiger partial charge in [0.05, 0.1) is 23.6 Å². The zero-order valence-corrected chi connectivity index (χ0v) is 13.5. The van der Waals surface area contributed by atoms with E-state index < -0.39 is 10.0 Å². The highest BCUT2D eigenvalue weighted by atomic mass is 35.5. The van der Waals surface area contributed by atoms with Gasteiger partial charge in [-0.2, -0.15) is 9.57 Å². The number of nitrogens with zero attached hydrogens (tertiary/aromatic N) is 2. The number of benzene rings is 1. The Kier molecular flexibility index (Phi) is 5.06. The minimum Gasteiger partial charge on any atom is -0.469 e. The lowest BCUT2D eigenvalue weighted by Gasteiger charge is -2.30. The fourth-order valence-corrected chi connectivity index (χ4v) is 4.37. The number of hydrogen-bond donors (Lipinski definition) is 0. The molecular formula is C14H15ClN2O4S. The Bertz CT molecular complexity index is 719. The molecule has 0 bridgehead atoms. The second-order valence-electron chi connectivity index (χ2n) is 4.93. The van der Waals surface area contributed by atoms with Crippen LogP contribution in [0.5, 0.6) is 0 Å². The van der Waals surface area contributed by atoms with Gasteiger partial charge in [-0.25, -0.2) is 8.42 Å². The Labute approximate surface area is 134 Å². The maximum absolute atomic E-state index is 12.7. The molecule has 0 saturated carbocycles. The van der Waals surface area contributed by atoms with Gasteiger partial charge < -0.3 is 4.74 Å². The van der Waals surface area contributed by atoms with Crippen molar-refractivity contribution in [3.05, 3.63) is 28.8 Å². The van der Waals surface area contributed by atoms with Crippen LogP contribution in [0.4, 0.5) is 0 Å². The summed E-state index contributed by atoms with van der Waals surface area (Å²) in [6.45, 7) is 0.416. The van der Waals surface area contributed by atoms with E-state index in [0.717, 1.165) is 0 Å². The maximum atomic E-state index is 12.7. The van der Waals surface area contributed by atoms with Crippen LogP contribution in [0.25, 0.3) is 0 Å². The molecule has 1 aliphatic heterocycles. The smallest absolute Gasteiger partial charge is 0.308 e. The third-order valence-corrected chi connectivity index (χ3v) is 5.95. The molecule has 1 aromatic carbocycles. The first-order valence-corrected chi connectivity index (χ1v) is 8.50. The van der Waals surface area contributed by atoms with E-state index in [1.54, 1.807) is 0 Å². The predicted octanol–water partition coefficient (Wildman–Crippen LogP) is 1.79. The van der Waals surface area contributed by atoms with Gasteiger partial charge in [0.15, 0.2) is 0 Å². The summed E-state index contributed by atoms with van der Waals surface area (Å²) in [7, 11) is -2.49. The summed E-state index contributed by atoms with van der Waals surface area (Å²) in [6, 6.07) is 6.17. The summed E-state index contributed by atoms with van der Waals surface area (Å²) >= 11 is 5.89. The number of sulfonamides is 1. The molecule has 0 N–H and O–H groups in total. The van der Waals surface area contributed by atoms with Crippen molar-refractivity contribution in [2.24, 2.45) is 5.92 Å². The number of hydrogen-bond acceptors (Lipinski definition) is 5. The van der Waals surface area contributed by atoms with Gasteiger partial charge >= 0.3 is 5.97 Å². The van der Waals surface area contributed by atoms with Crippen LogP contribution in [0.2, 0.25) is 5.02 Å². The summed E-state index contributed by atoms with van der Waals surface area (Å²) < 4.78 is 31.3. The molecule has 8 heteroatoms. The average Bonchev–Trinajstić information content (AvgIpc) is 2.54.